The predicted octanol–water partition coefficient (Wildman–Crippen LogP) is 4.78. The lowest BCUT2D eigenvalue weighted by Gasteiger charge is -2.22. The Hall–Kier alpha value is -3.16. The molecule has 2 heterocycles. The third-order valence-electron chi connectivity index (χ3n) is 5.36. The molecule has 1 fully saturated rings. The van der Waals surface area contributed by atoms with E-state index in [-0.39, 0.29) is 11.8 Å². The molecule has 1 aliphatic heterocycles. The summed E-state index contributed by atoms with van der Waals surface area (Å²) < 4.78 is 5.12. The Morgan fingerprint density at radius 2 is 1.74 bits per heavy atom. The van der Waals surface area contributed by atoms with Gasteiger partial charge in [0.2, 0.25) is 5.91 Å². The van der Waals surface area contributed by atoms with Gasteiger partial charge in [-0.2, -0.15) is 0 Å². The van der Waals surface area contributed by atoms with Crippen molar-refractivity contribution < 1.29 is 14.3 Å². The van der Waals surface area contributed by atoms with Crippen LogP contribution in [0.5, 0.6) is 5.75 Å². The van der Waals surface area contributed by atoms with Crippen LogP contribution in [-0.4, -0.2) is 36.9 Å². The molecular formula is C24H25N3O3S. The van der Waals surface area contributed by atoms with Crippen LogP contribution >= 0.6 is 11.3 Å². The number of rotatable bonds is 7. The fraction of sp³-hybridized carbons (Fsp3) is 0.250. The molecule has 6 nitrogen and oxygen atoms in total. The number of anilines is 2. The van der Waals surface area contributed by atoms with Crippen LogP contribution in [0, 0.1) is 0 Å². The number of carbonyl (C=O) groups excluding carboxylic acids is 2. The quantitative estimate of drug-likeness (QED) is 0.560. The molecule has 1 aromatic heterocycles. The Labute approximate surface area is 185 Å². The Kier molecular flexibility index (Phi) is 6.64. The van der Waals surface area contributed by atoms with Crippen molar-refractivity contribution in [2.75, 3.05) is 30.8 Å². The SMILES string of the molecule is COc1ccc(NC(=O)c2ccc(NC(=O)CN3CCCC3c3cccs3)cc2)cc1. The molecule has 0 saturated carbocycles. The summed E-state index contributed by atoms with van der Waals surface area (Å²) in [7, 11) is 1.60. The number of carbonyl (C=O) groups is 2. The molecule has 3 aromatic rings. The molecule has 160 valence electrons. The van der Waals surface area contributed by atoms with E-state index in [2.05, 4.69) is 33.0 Å². The molecule has 2 aromatic carbocycles. The molecule has 7 heteroatoms. The summed E-state index contributed by atoms with van der Waals surface area (Å²) in [6.45, 7) is 1.29. The van der Waals surface area contributed by atoms with Crippen LogP contribution in [-0.2, 0) is 4.79 Å². The van der Waals surface area contributed by atoms with Crippen molar-refractivity contribution in [2.24, 2.45) is 0 Å². The first-order valence-corrected chi connectivity index (χ1v) is 11.1. The van der Waals surface area contributed by atoms with E-state index in [9.17, 15) is 9.59 Å². The second kappa shape index (κ2) is 9.76. The zero-order valence-electron chi connectivity index (χ0n) is 17.3. The smallest absolute Gasteiger partial charge is 0.255 e. The van der Waals surface area contributed by atoms with Gasteiger partial charge in [0.15, 0.2) is 0 Å². The average Bonchev–Trinajstić information content (AvgIpc) is 3.46. The minimum absolute atomic E-state index is 0.0427. The van der Waals surface area contributed by atoms with Crippen molar-refractivity contribution >= 4 is 34.5 Å². The number of amides is 2. The van der Waals surface area contributed by atoms with Crippen LogP contribution < -0.4 is 15.4 Å². The largest absolute Gasteiger partial charge is 0.497 e. The van der Waals surface area contributed by atoms with E-state index < -0.39 is 0 Å². The molecule has 0 spiro atoms. The van der Waals surface area contributed by atoms with Crippen molar-refractivity contribution in [3.63, 3.8) is 0 Å². The Balaban J connectivity index is 1.31. The number of methoxy groups -OCH3 is 1. The number of thiophene rings is 1. The standard InChI is InChI=1S/C24H25N3O3S/c1-30-20-12-10-19(11-13-20)26-24(29)17-6-8-18(9-7-17)25-23(28)16-27-14-2-4-21(27)22-5-3-15-31-22/h3,5-13,15,21H,2,4,14,16H2,1H3,(H,25,28)(H,26,29). The molecule has 4 rings (SSSR count). The van der Waals surface area contributed by atoms with Gasteiger partial charge in [0, 0.05) is 27.9 Å². The van der Waals surface area contributed by atoms with Crippen LogP contribution in [0.15, 0.2) is 66.0 Å². The zero-order valence-corrected chi connectivity index (χ0v) is 18.2. The Morgan fingerprint density at radius 3 is 2.42 bits per heavy atom. The number of likely N-dealkylation sites (tertiary alicyclic amines) is 1. The van der Waals surface area contributed by atoms with E-state index in [1.165, 1.54) is 4.88 Å². The summed E-state index contributed by atoms with van der Waals surface area (Å²) in [5.41, 5.74) is 1.89. The molecule has 2 N–H and O–H groups in total. The van der Waals surface area contributed by atoms with Crippen molar-refractivity contribution in [3.8, 4) is 5.75 Å². The summed E-state index contributed by atoms with van der Waals surface area (Å²) in [5.74, 6) is 0.478. The van der Waals surface area contributed by atoms with E-state index in [1.807, 2.05) is 0 Å². The highest BCUT2D eigenvalue weighted by Gasteiger charge is 2.28. The topological polar surface area (TPSA) is 70.7 Å². The summed E-state index contributed by atoms with van der Waals surface area (Å²) >= 11 is 1.74. The summed E-state index contributed by atoms with van der Waals surface area (Å²) in [6, 6.07) is 18.6. The average molecular weight is 436 g/mol. The molecule has 1 saturated heterocycles. The lowest BCUT2D eigenvalue weighted by molar-refractivity contribution is -0.117. The maximum absolute atomic E-state index is 12.6. The molecule has 0 bridgehead atoms. The van der Waals surface area contributed by atoms with Gasteiger partial charge in [-0.3, -0.25) is 14.5 Å². The lowest BCUT2D eigenvalue weighted by atomic mass is 10.2. The van der Waals surface area contributed by atoms with Crippen molar-refractivity contribution in [1.29, 1.82) is 0 Å². The van der Waals surface area contributed by atoms with E-state index in [4.69, 9.17) is 4.74 Å². The fourth-order valence-corrected chi connectivity index (χ4v) is 4.68. The van der Waals surface area contributed by atoms with E-state index in [1.54, 1.807) is 67.0 Å². The molecule has 0 radical (unpaired) electrons. The van der Waals surface area contributed by atoms with Crippen LogP contribution in [0.25, 0.3) is 0 Å². The number of ether oxygens (including phenoxy) is 1. The van der Waals surface area contributed by atoms with Crippen LogP contribution in [0.3, 0.4) is 0 Å². The van der Waals surface area contributed by atoms with Gasteiger partial charge >= 0.3 is 0 Å². The van der Waals surface area contributed by atoms with Gasteiger partial charge in [-0.25, -0.2) is 0 Å². The Morgan fingerprint density at radius 1 is 1.03 bits per heavy atom. The zero-order chi connectivity index (χ0) is 21.6. The molecule has 2 amide bonds. The summed E-state index contributed by atoms with van der Waals surface area (Å²) in [4.78, 5) is 28.6. The highest BCUT2D eigenvalue weighted by atomic mass is 32.1. The molecular weight excluding hydrogens is 410 g/mol. The number of nitrogens with zero attached hydrogens (tertiary/aromatic N) is 1. The molecule has 1 atom stereocenters. The minimum Gasteiger partial charge on any atom is -0.497 e. The fourth-order valence-electron chi connectivity index (χ4n) is 3.79. The number of hydrogen-bond donors (Lipinski definition) is 2. The van der Waals surface area contributed by atoms with Gasteiger partial charge in [-0.05, 0) is 79.4 Å². The number of nitrogens with one attached hydrogen (secondary N) is 2. The second-order valence-electron chi connectivity index (χ2n) is 7.45. The number of benzene rings is 2. The first kappa shape index (κ1) is 21.1. The highest BCUT2D eigenvalue weighted by Crippen LogP contribution is 2.34. The third-order valence-corrected chi connectivity index (χ3v) is 6.33. The Bertz CT molecular complexity index is 1020. The normalized spacial score (nSPS) is 16.1. The van der Waals surface area contributed by atoms with Crippen molar-refractivity contribution in [3.05, 3.63) is 76.5 Å². The van der Waals surface area contributed by atoms with Crippen molar-refractivity contribution in [1.82, 2.24) is 4.90 Å². The maximum atomic E-state index is 12.6. The molecule has 0 aliphatic carbocycles. The highest BCUT2D eigenvalue weighted by molar-refractivity contribution is 7.10. The van der Waals surface area contributed by atoms with E-state index >= 15 is 0 Å². The minimum atomic E-state index is -0.209. The van der Waals surface area contributed by atoms with Crippen molar-refractivity contribution in [2.45, 2.75) is 18.9 Å². The summed E-state index contributed by atoms with van der Waals surface area (Å²) in [5, 5.41) is 7.87. The maximum Gasteiger partial charge on any atom is 0.255 e. The second-order valence-corrected chi connectivity index (χ2v) is 8.43. The predicted molar refractivity (Wildman–Crippen MR) is 124 cm³/mol. The van der Waals surface area contributed by atoms with Gasteiger partial charge in [0.1, 0.15) is 5.75 Å². The molecule has 1 unspecified atom stereocenters. The van der Waals surface area contributed by atoms with Crippen LogP contribution in [0.4, 0.5) is 11.4 Å². The first-order chi connectivity index (χ1) is 15.1. The van der Waals surface area contributed by atoms with Crippen LogP contribution in [0.1, 0.15) is 34.1 Å². The monoisotopic (exact) mass is 435 g/mol. The number of hydrogen-bond acceptors (Lipinski definition) is 5. The van der Waals surface area contributed by atoms with Crippen LogP contribution in [0.2, 0.25) is 0 Å². The van der Waals surface area contributed by atoms with Gasteiger partial charge in [-0.15, -0.1) is 11.3 Å². The molecule has 31 heavy (non-hydrogen) atoms. The first-order valence-electron chi connectivity index (χ1n) is 10.2. The van der Waals surface area contributed by atoms with E-state index in [0.717, 1.165) is 25.1 Å². The lowest BCUT2D eigenvalue weighted by Crippen LogP contribution is -2.32. The van der Waals surface area contributed by atoms with Gasteiger partial charge in [0.05, 0.1) is 13.7 Å². The molecule has 1 aliphatic rings. The third kappa shape index (κ3) is 5.31. The van der Waals surface area contributed by atoms with Gasteiger partial charge in [0.25, 0.3) is 5.91 Å². The summed E-state index contributed by atoms with van der Waals surface area (Å²) in [6.07, 6.45) is 2.19. The van der Waals surface area contributed by atoms with Gasteiger partial charge in [-0.1, -0.05) is 6.07 Å². The van der Waals surface area contributed by atoms with Gasteiger partial charge < -0.3 is 15.4 Å². The van der Waals surface area contributed by atoms with E-state index in [0.29, 0.717) is 29.5 Å².